The van der Waals surface area contributed by atoms with Gasteiger partial charge >= 0.3 is 5.97 Å². The average molecular weight is 523 g/mol. The number of para-hydroxylation sites is 1. The van der Waals surface area contributed by atoms with Gasteiger partial charge in [-0.05, 0) is 48.9 Å². The Bertz CT molecular complexity index is 1350. The predicted octanol–water partition coefficient (Wildman–Crippen LogP) is 3.47. The summed E-state index contributed by atoms with van der Waals surface area (Å²) in [6.07, 6.45) is 3.13. The summed E-state index contributed by atoms with van der Waals surface area (Å²) in [5, 5.41) is 14.4. The third kappa shape index (κ3) is 5.31. The summed E-state index contributed by atoms with van der Waals surface area (Å²) >= 11 is 6.34. The summed E-state index contributed by atoms with van der Waals surface area (Å²) in [5.74, 6) is -1.77. The Labute approximate surface area is 216 Å². The van der Waals surface area contributed by atoms with Crippen LogP contribution in [0.25, 0.3) is 23.0 Å². The number of amides is 2. The Hall–Kier alpha value is -3.96. The van der Waals surface area contributed by atoms with E-state index in [1.165, 1.54) is 0 Å². The minimum Gasteiger partial charge on any atom is -0.497 e. The van der Waals surface area contributed by atoms with Crippen LogP contribution in [0.15, 0.2) is 65.7 Å². The van der Waals surface area contributed by atoms with Gasteiger partial charge in [-0.2, -0.15) is 5.10 Å². The molecule has 0 radical (unpaired) electrons. The van der Waals surface area contributed by atoms with Gasteiger partial charge in [0.25, 0.3) is 5.91 Å². The topological polar surface area (TPSA) is 128 Å². The lowest BCUT2D eigenvalue weighted by atomic mass is 10.1. The summed E-state index contributed by atoms with van der Waals surface area (Å²) in [6.45, 7) is 0. The second-order valence-electron chi connectivity index (χ2n) is 7.85. The minimum absolute atomic E-state index is 0.101. The molecule has 1 aliphatic rings. The van der Waals surface area contributed by atoms with Gasteiger partial charge in [-0.1, -0.05) is 42.2 Å². The zero-order valence-corrected chi connectivity index (χ0v) is 20.8. The highest BCUT2D eigenvalue weighted by Crippen LogP contribution is 2.37. The van der Waals surface area contributed by atoms with Gasteiger partial charge in [0, 0.05) is 23.7 Å². The molecule has 0 aliphatic carbocycles. The van der Waals surface area contributed by atoms with E-state index in [1.807, 2.05) is 54.6 Å². The summed E-state index contributed by atoms with van der Waals surface area (Å²) in [7, 11) is 1.58. The number of carboxylic acids is 1. The molecule has 0 saturated carbocycles. The molecule has 1 unspecified atom stereocenters. The third-order valence-electron chi connectivity index (χ3n) is 5.50. The van der Waals surface area contributed by atoms with Crippen LogP contribution in [0.3, 0.4) is 0 Å². The van der Waals surface area contributed by atoms with Crippen LogP contribution in [0.2, 0.25) is 0 Å². The normalized spacial score (nSPS) is 15.4. The molecule has 36 heavy (non-hydrogen) atoms. The molecule has 1 fully saturated rings. The van der Waals surface area contributed by atoms with Crippen molar-refractivity contribution >= 4 is 52.2 Å². The fourth-order valence-electron chi connectivity index (χ4n) is 3.71. The maximum atomic E-state index is 13.2. The van der Waals surface area contributed by atoms with Gasteiger partial charge in [-0.15, -0.1) is 0 Å². The molecular weight excluding hydrogens is 500 g/mol. The van der Waals surface area contributed by atoms with Crippen molar-refractivity contribution in [1.29, 1.82) is 0 Å². The molecule has 2 heterocycles. The van der Waals surface area contributed by atoms with E-state index in [0.717, 1.165) is 27.9 Å². The number of ether oxygens (including phenoxy) is 1. The molecule has 9 nitrogen and oxygen atoms in total. The standard InChI is InChI=1S/C25H22N4O5S2/c1-34-18-9-7-15(8-10-18)22-16(14-28(27-22)17-5-3-2-4-6-17)13-20-23(31)29(25(35)36-20)19(24(32)33)11-12-21(26)30/h2-10,13-14,19H,11-12H2,1H3,(H2,26,30)(H,32,33)/b20-13-. The van der Waals surface area contributed by atoms with Gasteiger partial charge in [-0.25, -0.2) is 9.48 Å². The maximum absolute atomic E-state index is 13.2. The highest BCUT2D eigenvalue weighted by molar-refractivity contribution is 8.26. The molecule has 2 aromatic carbocycles. The molecular formula is C25H22N4O5S2. The van der Waals surface area contributed by atoms with E-state index in [1.54, 1.807) is 24.1 Å². The van der Waals surface area contributed by atoms with Crippen molar-refractivity contribution in [3.63, 3.8) is 0 Å². The average Bonchev–Trinajstić information content (AvgIpc) is 3.41. The Morgan fingerprint density at radius 3 is 2.50 bits per heavy atom. The first kappa shape index (κ1) is 25.1. The summed E-state index contributed by atoms with van der Waals surface area (Å²) in [4.78, 5) is 37.6. The molecule has 1 aromatic heterocycles. The largest absolute Gasteiger partial charge is 0.497 e. The maximum Gasteiger partial charge on any atom is 0.326 e. The number of thioether (sulfide) groups is 1. The number of rotatable bonds is 9. The van der Waals surface area contributed by atoms with Gasteiger partial charge < -0.3 is 15.6 Å². The predicted molar refractivity (Wildman–Crippen MR) is 140 cm³/mol. The van der Waals surface area contributed by atoms with Crippen molar-refractivity contribution in [2.24, 2.45) is 5.73 Å². The van der Waals surface area contributed by atoms with Gasteiger partial charge in [0.2, 0.25) is 5.91 Å². The van der Waals surface area contributed by atoms with Crippen LogP contribution >= 0.6 is 24.0 Å². The number of benzene rings is 2. The number of carbonyl (C=O) groups is 3. The lowest BCUT2D eigenvalue weighted by molar-refractivity contribution is -0.145. The summed E-state index contributed by atoms with van der Waals surface area (Å²) < 4.78 is 7.06. The van der Waals surface area contributed by atoms with Gasteiger partial charge in [0.05, 0.1) is 23.4 Å². The van der Waals surface area contributed by atoms with E-state index < -0.39 is 23.8 Å². The fourth-order valence-corrected chi connectivity index (χ4v) is 5.06. The summed E-state index contributed by atoms with van der Waals surface area (Å²) in [6, 6.07) is 15.6. The molecule has 3 aromatic rings. The molecule has 1 atom stereocenters. The number of primary amides is 1. The van der Waals surface area contributed by atoms with Crippen molar-refractivity contribution in [2.75, 3.05) is 7.11 Å². The number of nitrogens with two attached hydrogens (primary N) is 1. The highest BCUT2D eigenvalue weighted by Gasteiger charge is 2.40. The van der Waals surface area contributed by atoms with E-state index in [4.69, 9.17) is 27.8 Å². The number of hydrogen-bond acceptors (Lipinski definition) is 7. The molecule has 1 saturated heterocycles. The van der Waals surface area contributed by atoms with Crippen LogP contribution in [0.4, 0.5) is 0 Å². The molecule has 3 N–H and O–H groups in total. The number of methoxy groups -OCH3 is 1. The molecule has 0 spiro atoms. The zero-order valence-electron chi connectivity index (χ0n) is 19.2. The van der Waals surface area contributed by atoms with E-state index >= 15 is 0 Å². The first-order chi connectivity index (χ1) is 17.3. The van der Waals surface area contributed by atoms with Crippen LogP contribution in [0, 0.1) is 0 Å². The van der Waals surface area contributed by atoms with E-state index in [9.17, 15) is 19.5 Å². The Morgan fingerprint density at radius 1 is 1.19 bits per heavy atom. The van der Waals surface area contributed by atoms with Crippen LogP contribution in [0.1, 0.15) is 18.4 Å². The number of aromatic nitrogens is 2. The molecule has 184 valence electrons. The van der Waals surface area contributed by atoms with Crippen molar-refractivity contribution in [1.82, 2.24) is 14.7 Å². The molecule has 2 amide bonds. The highest BCUT2D eigenvalue weighted by atomic mass is 32.2. The van der Waals surface area contributed by atoms with Crippen molar-refractivity contribution in [3.05, 3.63) is 71.3 Å². The lowest BCUT2D eigenvalue weighted by Gasteiger charge is -2.22. The molecule has 1 aliphatic heterocycles. The second-order valence-corrected chi connectivity index (χ2v) is 9.53. The third-order valence-corrected chi connectivity index (χ3v) is 6.83. The fraction of sp³-hybridized carbons (Fsp3) is 0.160. The first-order valence-corrected chi connectivity index (χ1v) is 12.1. The monoisotopic (exact) mass is 522 g/mol. The van der Waals surface area contributed by atoms with Crippen LogP contribution in [0.5, 0.6) is 5.75 Å². The van der Waals surface area contributed by atoms with Crippen molar-refractivity contribution in [2.45, 2.75) is 18.9 Å². The first-order valence-electron chi connectivity index (χ1n) is 10.9. The van der Waals surface area contributed by atoms with E-state index in [-0.39, 0.29) is 22.1 Å². The second kappa shape index (κ2) is 10.8. The Morgan fingerprint density at radius 2 is 1.89 bits per heavy atom. The van der Waals surface area contributed by atoms with Crippen molar-refractivity contribution < 1.29 is 24.2 Å². The molecule has 0 bridgehead atoms. The quantitative estimate of drug-likeness (QED) is 0.323. The molecule has 4 rings (SSSR count). The van der Waals surface area contributed by atoms with Crippen molar-refractivity contribution in [3.8, 4) is 22.7 Å². The van der Waals surface area contributed by atoms with E-state index in [0.29, 0.717) is 17.0 Å². The number of carboxylic acid groups (broad SMARTS) is 1. The SMILES string of the molecule is COc1ccc(-c2nn(-c3ccccc3)cc2/C=C2\SC(=S)N(C(CCC(N)=O)C(=O)O)C2=O)cc1. The number of nitrogens with zero attached hydrogens (tertiary/aromatic N) is 3. The zero-order chi connectivity index (χ0) is 25.8. The smallest absolute Gasteiger partial charge is 0.326 e. The van der Waals surface area contributed by atoms with Gasteiger partial charge in [-0.3, -0.25) is 14.5 Å². The molecule has 11 heteroatoms. The number of carbonyl (C=O) groups excluding carboxylic acids is 2. The Balaban J connectivity index is 1.74. The summed E-state index contributed by atoms with van der Waals surface area (Å²) in [5.41, 5.74) is 8.08. The number of aliphatic carboxylic acids is 1. The van der Waals surface area contributed by atoms with Crippen LogP contribution < -0.4 is 10.5 Å². The Kier molecular flexibility index (Phi) is 7.51. The number of thiocarbonyl (C=S) groups is 1. The minimum atomic E-state index is -1.29. The number of hydrogen-bond donors (Lipinski definition) is 2. The van der Waals surface area contributed by atoms with Gasteiger partial charge in [0.1, 0.15) is 16.1 Å². The van der Waals surface area contributed by atoms with E-state index in [2.05, 4.69) is 0 Å². The van der Waals surface area contributed by atoms with Gasteiger partial charge in [0.15, 0.2) is 0 Å². The van der Waals surface area contributed by atoms with Crippen LogP contribution in [-0.4, -0.2) is 55.0 Å². The lowest BCUT2D eigenvalue weighted by Crippen LogP contribution is -2.44. The van der Waals surface area contributed by atoms with Crippen LogP contribution in [-0.2, 0) is 14.4 Å².